The van der Waals surface area contributed by atoms with Crippen molar-refractivity contribution in [2.24, 2.45) is 0 Å². The van der Waals surface area contributed by atoms with Gasteiger partial charge in [-0.1, -0.05) is 36.0 Å². The fourth-order valence-electron chi connectivity index (χ4n) is 2.26. The minimum Gasteiger partial charge on any atom is -0.388 e. The largest absolute Gasteiger partial charge is 0.388 e. The Balaban J connectivity index is 1.79. The number of aliphatic hydroxyl groups is 1. The van der Waals surface area contributed by atoms with Gasteiger partial charge in [0.2, 0.25) is 5.91 Å². The highest BCUT2D eigenvalue weighted by atomic mass is 35.5. The van der Waals surface area contributed by atoms with Gasteiger partial charge >= 0.3 is 0 Å². The molecule has 0 saturated heterocycles. The molecule has 0 bridgehead atoms. The first-order valence-corrected chi connectivity index (χ1v) is 8.30. The van der Waals surface area contributed by atoms with Crippen molar-refractivity contribution in [3.8, 4) is 0 Å². The van der Waals surface area contributed by atoms with E-state index in [0.717, 1.165) is 30.6 Å². The minimum atomic E-state index is -0.714. The molecule has 1 fully saturated rings. The number of carbonyl (C=O) groups is 1. The zero-order chi connectivity index (χ0) is 14.6. The summed E-state index contributed by atoms with van der Waals surface area (Å²) in [7, 11) is 0. The van der Waals surface area contributed by atoms with E-state index in [-0.39, 0.29) is 11.7 Å². The SMILES string of the molecule is O=C(CSc1cc(Cl)ccc1Cl)NCC1(O)CCCC1. The molecule has 20 heavy (non-hydrogen) atoms. The van der Waals surface area contributed by atoms with E-state index < -0.39 is 5.60 Å². The summed E-state index contributed by atoms with van der Waals surface area (Å²) in [5.41, 5.74) is -0.714. The van der Waals surface area contributed by atoms with E-state index >= 15 is 0 Å². The van der Waals surface area contributed by atoms with Gasteiger partial charge in [0.1, 0.15) is 0 Å². The molecule has 1 aliphatic carbocycles. The van der Waals surface area contributed by atoms with Crippen LogP contribution in [0.5, 0.6) is 0 Å². The monoisotopic (exact) mass is 333 g/mol. The standard InChI is InChI=1S/C14H17Cl2NO2S/c15-10-3-4-11(16)12(7-10)20-8-13(18)17-9-14(19)5-1-2-6-14/h3-4,7,19H,1-2,5-6,8-9H2,(H,17,18). The van der Waals surface area contributed by atoms with Crippen molar-refractivity contribution in [2.75, 3.05) is 12.3 Å². The molecule has 110 valence electrons. The maximum atomic E-state index is 11.8. The van der Waals surface area contributed by atoms with Gasteiger partial charge in [-0.15, -0.1) is 11.8 Å². The second-order valence-electron chi connectivity index (χ2n) is 5.07. The van der Waals surface area contributed by atoms with E-state index in [1.54, 1.807) is 18.2 Å². The van der Waals surface area contributed by atoms with E-state index in [0.29, 0.717) is 16.6 Å². The van der Waals surface area contributed by atoms with Crippen molar-refractivity contribution in [3.63, 3.8) is 0 Å². The molecule has 0 aromatic heterocycles. The number of hydrogen-bond acceptors (Lipinski definition) is 3. The van der Waals surface area contributed by atoms with Crippen molar-refractivity contribution in [1.82, 2.24) is 5.32 Å². The van der Waals surface area contributed by atoms with Gasteiger partial charge in [-0.2, -0.15) is 0 Å². The summed E-state index contributed by atoms with van der Waals surface area (Å²) >= 11 is 13.3. The molecule has 6 heteroatoms. The molecule has 1 saturated carbocycles. The summed E-state index contributed by atoms with van der Waals surface area (Å²) in [6.07, 6.45) is 3.58. The van der Waals surface area contributed by atoms with Gasteiger partial charge < -0.3 is 10.4 Å². The van der Waals surface area contributed by atoms with Crippen LogP contribution in [0.2, 0.25) is 10.0 Å². The van der Waals surface area contributed by atoms with E-state index in [1.165, 1.54) is 11.8 Å². The van der Waals surface area contributed by atoms with Crippen molar-refractivity contribution >= 4 is 40.9 Å². The first kappa shape index (κ1) is 16.0. The summed E-state index contributed by atoms with van der Waals surface area (Å²) in [5.74, 6) is 0.155. The van der Waals surface area contributed by atoms with Crippen molar-refractivity contribution in [1.29, 1.82) is 0 Å². The lowest BCUT2D eigenvalue weighted by Gasteiger charge is -2.22. The topological polar surface area (TPSA) is 49.3 Å². The van der Waals surface area contributed by atoms with Crippen LogP contribution in [0.4, 0.5) is 0 Å². The van der Waals surface area contributed by atoms with E-state index in [9.17, 15) is 9.90 Å². The summed E-state index contributed by atoms with van der Waals surface area (Å²) in [6, 6.07) is 5.17. The van der Waals surface area contributed by atoms with Gasteiger partial charge in [-0.3, -0.25) is 4.79 Å². The molecule has 1 aromatic rings. The molecule has 0 spiro atoms. The van der Waals surface area contributed by atoms with Crippen LogP contribution in [0.3, 0.4) is 0 Å². The Morgan fingerprint density at radius 3 is 2.75 bits per heavy atom. The van der Waals surface area contributed by atoms with Crippen molar-refractivity contribution in [2.45, 2.75) is 36.2 Å². The molecule has 0 aliphatic heterocycles. The van der Waals surface area contributed by atoms with Gasteiger partial charge in [0, 0.05) is 16.5 Å². The van der Waals surface area contributed by atoms with Crippen LogP contribution in [0, 0.1) is 0 Å². The molecule has 2 rings (SSSR count). The van der Waals surface area contributed by atoms with Gasteiger partial charge in [-0.25, -0.2) is 0 Å². The predicted octanol–water partition coefficient (Wildman–Crippen LogP) is 3.51. The normalized spacial score (nSPS) is 17.1. The zero-order valence-electron chi connectivity index (χ0n) is 11.0. The smallest absolute Gasteiger partial charge is 0.230 e. The van der Waals surface area contributed by atoms with Crippen LogP contribution < -0.4 is 5.32 Å². The Morgan fingerprint density at radius 2 is 2.05 bits per heavy atom. The highest BCUT2D eigenvalue weighted by Crippen LogP contribution is 2.30. The van der Waals surface area contributed by atoms with Crippen LogP contribution in [0.1, 0.15) is 25.7 Å². The Labute approximate surface area is 133 Å². The molecule has 0 atom stereocenters. The average molecular weight is 334 g/mol. The number of hydrogen-bond donors (Lipinski definition) is 2. The first-order valence-electron chi connectivity index (χ1n) is 6.55. The average Bonchev–Trinajstić information content (AvgIpc) is 2.85. The van der Waals surface area contributed by atoms with Gasteiger partial charge in [-0.05, 0) is 31.0 Å². The maximum absolute atomic E-state index is 11.8. The lowest BCUT2D eigenvalue weighted by atomic mass is 10.0. The van der Waals surface area contributed by atoms with Crippen LogP contribution in [0.15, 0.2) is 23.1 Å². The Hall–Kier alpha value is -0.420. The van der Waals surface area contributed by atoms with Crippen LogP contribution in [0.25, 0.3) is 0 Å². The molecule has 0 radical (unpaired) electrons. The minimum absolute atomic E-state index is 0.105. The quantitative estimate of drug-likeness (QED) is 0.810. The number of amides is 1. The third kappa shape index (κ3) is 4.55. The Bertz CT molecular complexity index is 490. The molecule has 3 nitrogen and oxygen atoms in total. The Kier molecular flexibility index (Phi) is 5.61. The predicted molar refractivity (Wildman–Crippen MR) is 83.6 cm³/mol. The van der Waals surface area contributed by atoms with E-state index in [2.05, 4.69) is 5.32 Å². The zero-order valence-corrected chi connectivity index (χ0v) is 13.3. The molecule has 2 N–H and O–H groups in total. The second-order valence-corrected chi connectivity index (χ2v) is 6.93. The summed E-state index contributed by atoms with van der Waals surface area (Å²) in [5, 5.41) is 14.1. The number of rotatable bonds is 5. The maximum Gasteiger partial charge on any atom is 0.230 e. The van der Waals surface area contributed by atoms with Gasteiger partial charge in [0.05, 0.1) is 16.4 Å². The highest BCUT2D eigenvalue weighted by Gasteiger charge is 2.31. The number of nitrogens with one attached hydrogen (secondary N) is 1. The molecule has 1 amide bonds. The number of halogens is 2. The summed E-state index contributed by atoms with van der Waals surface area (Å²) < 4.78 is 0. The lowest BCUT2D eigenvalue weighted by molar-refractivity contribution is -0.119. The van der Waals surface area contributed by atoms with Crippen molar-refractivity contribution in [3.05, 3.63) is 28.2 Å². The molecule has 0 heterocycles. The molecular weight excluding hydrogens is 317 g/mol. The van der Waals surface area contributed by atoms with Crippen LogP contribution >= 0.6 is 35.0 Å². The van der Waals surface area contributed by atoms with Crippen molar-refractivity contribution < 1.29 is 9.90 Å². The third-order valence-corrected chi connectivity index (χ3v) is 5.13. The molecular formula is C14H17Cl2NO2S. The number of benzene rings is 1. The van der Waals surface area contributed by atoms with E-state index in [1.807, 2.05) is 0 Å². The second kappa shape index (κ2) is 7.03. The molecule has 1 aliphatic rings. The Morgan fingerprint density at radius 1 is 1.35 bits per heavy atom. The van der Waals surface area contributed by atoms with Crippen LogP contribution in [-0.2, 0) is 4.79 Å². The fourth-order valence-corrected chi connectivity index (χ4v) is 3.58. The fraction of sp³-hybridized carbons (Fsp3) is 0.500. The highest BCUT2D eigenvalue weighted by molar-refractivity contribution is 8.00. The number of carbonyl (C=O) groups excluding carboxylic acids is 1. The lowest BCUT2D eigenvalue weighted by Crippen LogP contribution is -2.41. The molecule has 1 aromatic carbocycles. The first-order chi connectivity index (χ1) is 9.48. The summed E-state index contributed by atoms with van der Waals surface area (Å²) in [4.78, 5) is 12.6. The van der Waals surface area contributed by atoms with Crippen LogP contribution in [-0.4, -0.2) is 28.9 Å². The van der Waals surface area contributed by atoms with E-state index in [4.69, 9.17) is 23.2 Å². The van der Waals surface area contributed by atoms with Gasteiger partial charge in [0.25, 0.3) is 0 Å². The molecule has 0 unspecified atom stereocenters. The summed E-state index contributed by atoms with van der Waals surface area (Å²) in [6.45, 7) is 0.329. The number of thioether (sulfide) groups is 1. The third-order valence-electron chi connectivity index (χ3n) is 3.40. The van der Waals surface area contributed by atoms with Gasteiger partial charge in [0.15, 0.2) is 0 Å².